The first kappa shape index (κ1) is 19.0. The molecule has 0 aliphatic heterocycles. The van der Waals surface area contributed by atoms with Gasteiger partial charge in [0.15, 0.2) is 0 Å². The molecule has 144 valence electrons. The summed E-state index contributed by atoms with van der Waals surface area (Å²) >= 11 is 6.40. The quantitative estimate of drug-likeness (QED) is 0.467. The second-order valence-corrected chi connectivity index (χ2v) is 7.31. The number of anilines is 1. The van der Waals surface area contributed by atoms with Crippen LogP contribution in [0.4, 0.5) is 5.69 Å². The summed E-state index contributed by atoms with van der Waals surface area (Å²) in [5.41, 5.74) is 3.26. The molecule has 0 aliphatic carbocycles. The average molecular weight is 402 g/mol. The summed E-state index contributed by atoms with van der Waals surface area (Å²) in [6.07, 6.45) is 3.80. The van der Waals surface area contributed by atoms with Crippen LogP contribution in [-0.4, -0.2) is 23.6 Å². The fraction of sp³-hybridized carbons (Fsp3) is 0.0833. The summed E-state index contributed by atoms with van der Waals surface area (Å²) in [5, 5.41) is 1.05. The Morgan fingerprint density at radius 3 is 2.31 bits per heavy atom. The van der Waals surface area contributed by atoms with Gasteiger partial charge in [-0.25, -0.2) is 4.98 Å². The molecule has 1 heterocycles. The molecular weight excluding hydrogens is 382 g/mol. The van der Waals surface area contributed by atoms with Crippen molar-refractivity contribution in [3.05, 3.63) is 99.6 Å². The van der Waals surface area contributed by atoms with E-state index in [1.165, 1.54) is 0 Å². The predicted octanol–water partition coefficient (Wildman–Crippen LogP) is 5.28. The van der Waals surface area contributed by atoms with Crippen LogP contribution in [0.3, 0.4) is 0 Å². The molecule has 4 aromatic rings. The maximum absolute atomic E-state index is 13.3. The van der Waals surface area contributed by atoms with Gasteiger partial charge in [-0.1, -0.05) is 54.1 Å². The van der Waals surface area contributed by atoms with Gasteiger partial charge in [0.25, 0.3) is 5.56 Å². The van der Waals surface area contributed by atoms with Gasteiger partial charge >= 0.3 is 0 Å². The number of fused-ring (bicyclic) bond motifs is 1. The highest BCUT2D eigenvalue weighted by atomic mass is 35.5. The maximum atomic E-state index is 13.3. The van der Waals surface area contributed by atoms with E-state index < -0.39 is 0 Å². The van der Waals surface area contributed by atoms with Gasteiger partial charge in [-0.15, -0.1) is 0 Å². The van der Waals surface area contributed by atoms with Crippen molar-refractivity contribution in [1.82, 2.24) is 9.55 Å². The molecule has 0 aliphatic rings. The molecule has 0 saturated heterocycles. The van der Waals surface area contributed by atoms with Crippen LogP contribution in [0, 0.1) is 0 Å². The topological polar surface area (TPSA) is 38.1 Å². The molecule has 0 spiro atoms. The lowest BCUT2D eigenvalue weighted by Gasteiger charge is -2.13. The largest absolute Gasteiger partial charge is 0.378 e. The second kappa shape index (κ2) is 7.94. The molecule has 0 atom stereocenters. The number of rotatable bonds is 4. The number of hydrogen-bond acceptors (Lipinski definition) is 3. The van der Waals surface area contributed by atoms with Crippen LogP contribution in [-0.2, 0) is 0 Å². The minimum absolute atomic E-state index is 0.147. The Labute approximate surface area is 174 Å². The lowest BCUT2D eigenvalue weighted by Crippen LogP contribution is -2.22. The average Bonchev–Trinajstić information content (AvgIpc) is 2.73. The molecule has 29 heavy (non-hydrogen) atoms. The third-order valence-electron chi connectivity index (χ3n) is 4.73. The van der Waals surface area contributed by atoms with E-state index >= 15 is 0 Å². The van der Waals surface area contributed by atoms with E-state index in [0.717, 1.165) is 11.3 Å². The van der Waals surface area contributed by atoms with E-state index in [2.05, 4.69) is 12.1 Å². The van der Waals surface area contributed by atoms with Crippen LogP contribution in [0.25, 0.3) is 28.7 Å². The van der Waals surface area contributed by atoms with E-state index in [9.17, 15) is 4.79 Å². The van der Waals surface area contributed by atoms with Crippen molar-refractivity contribution in [1.29, 1.82) is 0 Å². The molecule has 0 saturated carbocycles. The van der Waals surface area contributed by atoms with E-state index in [0.29, 0.717) is 27.4 Å². The number of halogens is 1. The second-order valence-electron chi connectivity index (χ2n) is 6.90. The number of nitrogens with zero attached hydrogens (tertiary/aromatic N) is 3. The minimum atomic E-state index is -0.147. The van der Waals surface area contributed by atoms with Crippen molar-refractivity contribution >= 4 is 40.3 Å². The molecule has 1 aromatic heterocycles. The van der Waals surface area contributed by atoms with Crippen molar-refractivity contribution in [3.63, 3.8) is 0 Å². The summed E-state index contributed by atoms with van der Waals surface area (Å²) in [7, 11) is 4.01. The molecule has 0 bridgehead atoms. The Morgan fingerprint density at radius 1 is 0.897 bits per heavy atom. The first-order chi connectivity index (χ1) is 14.0. The summed E-state index contributed by atoms with van der Waals surface area (Å²) in [6.45, 7) is 0. The number of aromatic nitrogens is 2. The Kier molecular flexibility index (Phi) is 5.19. The number of hydrogen-bond donors (Lipinski definition) is 0. The van der Waals surface area contributed by atoms with Crippen molar-refractivity contribution in [2.75, 3.05) is 19.0 Å². The van der Waals surface area contributed by atoms with E-state index in [-0.39, 0.29) is 5.56 Å². The summed E-state index contributed by atoms with van der Waals surface area (Å²) in [4.78, 5) is 20.0. The molecule has 0 amide bonds. The highest BCUT2D eigenvalue weighted by molar-refractivity contribution is 6.32. The van der Waals surface area contributed by atoms with Crippen LogP contribution in [0.2, 0.25) is 5.02 Å². The van der Waals surface area contributed by atoms with Gasteiger partial charge in [-0.3, -0.25) is 9.36 Å². The lowest BCUT2D eigenvalue weighted by molar-refractivity contribution is 0.944. The van der Waals surface area contributed by atoms with E-state index in [1.807, 2.05) is 79.7 Å². The molecule has 0 N–H and O–H groups in total. The summed E-state index contributed by atoms with van der Waals surface area (Å²) in [5.74, 6) is 0.526. The van der Waals surface area contributed by atoms with Crippen LogP contribution in [0.15, 0.2) is 77.6 Å². The van der Waals surface area contributed by atoms with E-state index in [1.54, 1.807) is 16.7 Å². The molecule has 0 unspecified atom stereocenters. The zero-order valence-corrected chi connectivity index (χ0v) is 17.0. The number of benzene rings is 3. The number of para-hydroxylation sites is 2. The third-order valence-corrected chi connectivity index (χ3v) is 5.05. The monoisotopic (exact) mass is 401 g/mol. The summed E-state index contributed by atoms with van der Waals surface area (Å²) < 4.78 is 1.56. The highest BCUT2D eigenvalue weighted by Gasteiger charge is 2.13. The zero-order chi connectivity index (χ0) is 20.4. The molecule has 3 aromatic carbocycles. The van der Waals surface area contributed by atoms with Gasteiger partial charge in [-0.05, 0) is 48.0 Å². The molecule has 0 radical (unpaired) electrons. The highest BCUT2D eigenvalue weighted by Crippen LogP contribution is 2.22. The van der Waals surface area contributed by atoms with Crippen molar-refractivity contribution in [3.8, 4) is 5.69 Å². The molecule has 4 rings (SSSR count). The Bertz CT molecular complexity index is 1260. The fourth-order valence-electron chi connectivity index (χ4n) is 3.18. The van der Waals surface area contributed by atoms with Crippen LogP contribution < -0.4 is 10.5 Å². The van der Waals surface area contributed by atoms with Gasteiger partial charge in [-0.2, -0.15) is 0 Å². The van der Waals surface area contributed by atoms with Crippen molar-refractivity contribution < 1.29 is 0 Å². The van der Waals surface area contributed by atoms with Crippen molar-refractivity contribution in [2.24, 2.45) is 0 Å². The van der Waals surface area contributed by atoms with E-state index in [4.69, 9.17) is 16.6 Å². The van der Waals surface area contributed by atoms with Crippen molar-refractivity contribution in [2.45, 2.75) is 0 Å². The fourth-order valence-corrected chi connectivity index (χ4v) is 3.40. The standard InChI is InChI=1S/C24H20ClN3O/c1-27(2)18-14-11-17(12-15-18)13-16-23-26-21-9-5-3-7-19(21)24(29)28(23)22-10-6-4-8-20(22)25/h3-16H,1-2H3/b16-13+. The smallest absolute Gasteiger partial charge is 0.266 e. The van der Waals surface area contributed by atoms with Gasteiger partial charge in [0.2, 0.25) is 0 Å². The third kappa shape index (κ3) is 3.80. The molecule has 4 nitrogen and oxygen atoms in total. The summed E-state index contributed by atoms with van der Waals surface area (Å²) in [6, 6.07) is 22.8. The zero-order valence-electron chi connectivity index (χ0n) is 16.2. The van der Waals surface area contributed by atoms with Gasteiger partial charge in [0, 0.05) is 19.8 Å². The predicted molar refractivity (Wildman–Crippen MR) is 122 cm³/mol. The van der Waals surface area contributed by atoms with Crippen LogP contribution in [0.5, 0.6) is 0 Å². The van der Waals surface area contributed by atoms with Gasteiger partial charge < -0.3 is 4.90 Å². The first-order valence-electron chi connectivity index (χ1n) is 9.27. The molecule has 5 heteroatoms. The lowest BCUT2D eigenvalue weighted by atomic mass is 10.1. The van der Waals surface area contributed by atoms with Gasteiger partial charge in [0.05, 0.1) is 21.6 Å². The minimum Gasteiger partial charge on any atom is -0.378 e. The van der Waals surface area contributed by atoms with Crippen LogP contribution >= 0.6 is 11.6 Å². The normalized spacial score (nSPS) is 11.3. The first-order valence-corrected chi connectivity index (χ1v) is 9.64. The Morgan fingerprint density at radius 2 is 1.59 bits per heavy atom. The molecule has 0 fully saturated rings. The van der Waals surface area contributed by atoms with Gasteiger partial charge in [0.1, 0.15) is 5.82 Å². The maximum Gasteiger partial charge on any atom is 0.266 e. The Balaban J connectivity index is 1.88. The van der Waals surface area contributed by atoms with Crippen LogP contribution in [0.1, 0.15) is 11.4 Å². The molecular formula is C24H20ClN3O. The Hall–Kier alpha value is -3.37. The SMILES string of the molecule is CN(C)c1ccc(/C=C/c2nc3ccccc3c(=O)n2-c2ccccc2Cl)cc1.